The summed E-state index contributed by atoms with van der Waals surface area (Å²) in [7, 11) is 2.06. The monoisotopic (exact) mass is 243 g/mol. The number of rotatable bonds is 7. The smallest absolute Gasteiger partial charge is 0.0878 e. The van der Waals surface area contributed by atoms with Gasteiger partial charge in [0.05, 0.1) is 5.60 Å². The molecule has 3 heteroatoms. The molecule has 0 amide bonds. The Hall–Kier alpha value is -0.120. The predicted octanol–water partition coefficient (Wildman–Crippen LogP) is 2.60. The van der Waals surface area contributed by atoms with Crippen LogP contribution in [-0.4, -0.2) is 38.5 Å². The molecule has 1 heterocycles. The fourth-order valence-corrected chi connectivity index (χ4v) is 2.77. The van der Waals surface area contributed by atoms with Crippen LogP contribution in [0.4, 0.5) is 0 Å². The lowest BCUT2D eigenvalue weighted by molar-refractivity contribution is -0.127. The lowest BCUT2D eigenvalue weighted by Gasteiger charge is -2.43. The average molecular weight is 243 g/mol. The molecule has 1 unspecified atom stereocenters. The molecule has 0 saturated carbocycles. The van der Waals surface area contributed by atoms with E-state index in [9.17, 15) is 0 Å². The standard InChI is InChI=1S/C14H29NO2/c1-5-17-14(8-10-16-11-9-14)13(15-4)7-6-12(2)3/h12-13,15H,5-11H2,1-4H3. The van der Waals surface area contributed by atoms with Gasteiger partial charge < -0.3 is 14.8 Å². The fraction of sp³-hybridized carbons (Fsp3) is 1.00. The van der Waals surface area contributed by atoms with Crippen LogP contribution in [0.1, 0.15) is 46.5 Å². The van der Waals surface area contributed by atoms with Gasteiger partial charge in [-0.05, 0) is 32.7 Å². The Morgan fingerprint density at radius 2 is 1.88 bits per heavy atom. The summed E-state index contributed by atoms with van der Waals surface area (Å²) in [5.74, 6) is 0.754. The lowest BCUT2D eigenvalue weighted by Crippen LogP contribution is -2.54. The predicted molar refractivity (Wildman–Crippen MR) is 71.3 cm³/mol. The molecule has 102 valence electrons. The first-order valence-electron chi connectivity index (χ1n) is 7.03. The number of likely N-dealkylation sites (N-methyl/N-ethyl adjacent to an activating group) is 1. The maximum atomic E-state index is 6.11. The van der Waals surface area contributed by atoms with Gasteiger partial charge in [-0.25, -0.2) is 0 Å². The molecule has 1 aliphatic rings. The van der Waals surface area contributed by atoms with Crippen molar-refractivity contribution in [3.8, 4) is 0 Å². The summed E-state index contributed by atoms with van der Waals surface area (Å²) in [6.07, 6.45) is 4.48. The third kappa shape index (κ3) is 4.23. The van der Waals surface area contributed by atoms with E-state index < -0.39 is 0 Å². The maximum Gasteiger partial charge on any atom is 0.0878 e. The molecule has 1 atom stereocenters. The van der Waals surface area contributed by atoms with E-state index >= 15 is 0 Å². The van der Waals surface area contributed by atoms with Crippen LogP contribution in [0.2, 0.25) is 0 Å². The van der Waals surface area contributed by atoms with Gasteiger partial charge in [0.25, 0.3) is 0 Å². The molecule has 17 heavy (non-hydrogen) atoms. The maximum absolute atomic E-state index is 6.11. The molecule has 0 aromatic rings. The quantitative estimate of drug-likeness (QED) is 0.745. The second-order valence-corrected chi connectivity index (χ2v) is 5.42. The van der Waals surface area contributed by atoms with Crippen molar-refractivity contribution >= 4 is 0 Å². The summed E-state index contributed by atoms with van der Waals surface area (Å²) in [6.45, 7) is 9.11. The molecule has 1 rings (SSSR count). The third-order valence-electron chi connectivity index (χ3n) is 3.79. The van der Waals surface area contributed by atoms with Crippen molar-refractivity contribution in [3.63, 3.8) is 0 Å². The van der Waals surface area contributed by atoms with E-state index in [0.29, 0.717) is 6.04 Å². The number of ether oxygens (including phenoxy) is 2. The Bertz CT molecular complexity index is 195. The van der Waals surface area contributed by atoms with E-state index in [0.717, 1.165) is 38.6 Å². The zero-order chi connectivity index (χ0) is 12.7. The highest BCUT2D eigenvalue weighted by atomic mass is 16.5. The first-order chi connectivity index (χ1) is 8.14. The number of hydrogen-bond acceptors (Lipinski definition) is 3. The minimum absolute atomic E-state index is 0.00333. The molecular weight excluding hydrogens is 214 g/mol. The molecule has 0 radical (unpaired) electrons. The van der Waals surface area contributed by atoms with Crippen LogP contribution < -0.4 is 5.32 Å². The largest absolute Gasteiger partial charge is 0.381 e. The SMILES string of the molecule is CCOC1(C(CCC(C)C)NC)CCOCC1. The van der Waals surface area contributed by atoms with Gasteiger partial charge in [-0.3, -0.25) is 0 Å². The van der Waals surface area contributed by atoms with Crippen molar-refractivity contribution in [2.75, 3.05) is 26.9 Å². The first-order valence-corrected chi connectivity index (χ1v) is 7.03. The zero-order valence-electron chi connectivity index (χ0n) is 11.9. The van der Waals surface area contributed by atoms with Gasteiger partial charge in [-0.15, -0.1) is 0 Å². The third-order valence-corrected chi connectivity index (χ3v) is 3.79. The van der Waals surface area contributed by atoms with Crippen LogP contribution in [0.15, 0.2) is 0 Å². The Morgan fingerprint density at radius 1 is 1.24 bits per heavy atom. The molecule has 0 bridgehead atoms. The Morgan fingerprint density at radius 3 is 2.35 bits per heavy atom. The normalized spacial score (nSPS) is 21.7. The van der Waals surface area contributed by atoms with Crippen LogP contribution in [-0.2, 0) is 9.47 Å². The summed E-state index contributed by atoms with van der Waals surface area (Å²) >= 11 is 0. The topological polar surface area (TPSA) is 30.5 Å². The molecule has 3 nitrogen and oxygen atoms in total. The van der Waals surface area contributed by atoms with Gasteiger partial charge in [0.1, 0.15) is 0 Å². The summed E-state index contributed by atoms with van der Waals surface area (Å²) in [6, 6.07) is 0.453. The summed E-state index contributed by atoms with van der Waals surface area (Å²) in [5, 5.41) is 3.47. The van der Waals surface area contributed by atoms with Gasteiger partial charge in [0, 0.05) is 38.7 Å². The highest BCUT2D eigenvalue weighted by molar-refractivity contribution is 4.94. The molecule has 0 spiro atoms. The minimum atomic E-state index is -0.00333. The van der Waals surface area contributed by atoms with Crippen LogP contribution in [0, 0.1) is 5.92 Å². The van der Waals surface area contributed by atoms with Crippen LogP contribution in [0.25, 0.3) is 0 Å². The van der Waals surface area contributed by atoms with Crippen molar-refractivity contribution in [1.82, 2.24) is 5.32 Å². The second kappa shape index (κ2) is 7.34. The summed E-state index contributed by atoms with van der Waals surface area (Å²) in [4.78, 5) is 0. The van der Waals surface area contributed by atoms with Gasteiger partial charge in [-0.1, -0.05) is 13.8 Å². The van der Waals surface area contributed by atoms with E-state index in [4.69, 9.17) is 9.47 Å². The van der Waals surface area contributed by atoms with Gasteiger partial charge >= 0.3 is 0 Å². The average Bonchev–Trinajstić information content (AvgIpc) is 2.31. The van der Waals surface area contributed by atoms with E-state index in [1.165, 1.54) is 12.8 Å². The highest BCUT2D eigenvalue weighted by Gasteiger charge is 2.40. The number of nitrogens with one attached hydrogen (secondary N) is 1. The first kappa shape index (κ1) is 14.9. The van der Waals surface area contributed by atoms with Crippen molar-refractivity contribution in [1.29, 1.82) is 0 Å². The molecule has 1 N–H and O–H groups in total. The molecule has 1 aliphatic heterocycles. The molecular formula is C14H29NO2. The van der Waals surface area contributed by atoms with E-state index in [2.05, 4.69) is 33.1 Å². The van der Waals surface area contributed by atoms with Crippen LogP contribution in [0.5, 0.6) is 0 Å². The molecule has 0 aromatic carbocycles. The minimum Gasteiger partial charge on any atom is -0.381 e. The molecule has 0 aliphatic carbocycles. The van der Waals surface area contributed by atoms with Gasteiger partial charge in [0.2, 0.25) is 0 Å². The fourth-order valence-electron chi connectivity index (χ4n) is 2.77. The van der Waals surface area contributed by atoms with Crippen molar-refractivity contribution in [2.24, 2.45) is 5.92 Å². The van der Waals surface area contributed by atoms with Crippen molar-refractivity contribution in [3.05, 3.63) is 0 Å². The molecule has 0 aromatic heterocycles. The highest BCUT2D eigenvalue weighted by Crippen LogP contribution is 2.31. The second-order valence-electron chi connectivity index (χ2n) is 5.42. The van der Waals surface area contributed by atoms with E-state index in [1.807, 2.05) is 0 Å². The van der Waals surface area contributed by atoms with Crippen LogP contribution >= 0.6 is 0 Å². The van der Waals surface area contributed by atoms with E-state index in [1.54, 1.807) is 0 Å². The molecule has 1 saturated heterocycles. The van der Waals surface area contributed by atoms with Crippen molar-refractivity contribution in [2.45, 2.75) is 58.1 Å². The number of hydrogen-bond donors (Lipinski definition) is 1. The lowest BCUT2D eigenvalue weighted by atomic mass is 9.82. The zero-order valence-corrected chi connectivity index (χ0v) is 11.9. The van der Waals surface area contributed by atoms with Gasteiger partial charge in [0.15, 0.2) is 0 Å². The van der Waals surface area contributed by atoms with E-state index in [-0.39, 0.29) is 5.60 Å². The summed E-state index contributed by atoms with van der Waals surface area (Å²) in [5.41, 5.74) is -0.00333. The van der Waals surface area contributed by atoms with Crippen molar-refractivity contribution < 1.29 is 9.47 Å². The van der Waals surface area contributed by atoms with Crippen LogP contribution in [0.3, 0.4) is 0 Å². The Labute approximate surface area is 106 Å². The summed E-state index contributed by atoms with van der Waals surface area (Å²) < 4.78 is 11.6. The van der Waals surface area contributed by atoms with Gasteiger partial charge in [-0.2, -0.15) is 0 Å². The molecule has 1 fully saturated rings. The Balaban J connectivity index is 2.63. The Kier molecular flexibility index (Phi) is 6.45.